The summed E-state index contributed by atoms with van der Waals surface area (Å²) in [5, 5.41) is 0.949. The average Bonchev–Trinajstić information content (AvgIpc) is 2.55. The standard InChI is InChI=1S/C11H10BrNO2/c1-13-8(6-14)5-9-10(13)3-7(12)4-11(9)15-2/h3-6H,1-2H3. The minimum Gasteiger partial charge on any atom is -0.496 e. The summed E-state index contributed by atoms with van der Waals surface area (Å²) in [7, 11) is 3.48. The van der Waals surface area contributed by atoms with Crippen LogP contribution >= 0.6 is 15.9 Å². The van der Waals surface area contributed by atoms with E-state index in [4.69, 9.17) is 4.74 Å². The number of ether oxygens (including phenoxy) is 1. The molecule has 0 aliphatic carbocycles. The lowest BCUT2D eigenvalue weighted by Gasteiger charge is -2.04. The normalized spacial score (nSPS) is 10.6. The van der Waals surface area contributed by atoms with Crippen LogP contribution in [0.3, 0.4) is 0 Å². The molecule has 1 heterocycles. The molecule has 0 fully saturated rings. The van der Waals surface area contributed by atoms with Gasteiger partial charge in [-0.2, -0.15) is 0 Å². The van der Waals surface area contributed by atoms with Crippen LogP contribution in [0.4, 0.5) is 0 Å². The van der Waals surface area contributed by atoms with Crippen molar-refractivity contribution < 1.29 is 9.53 Å². The molecule has 0 radical (unpaired) electrons. The highest BCUT2D eigenvalue weighted by Gasteiger charge is 2.10. The zero-order valence-electron chi connectivity index (χ0n) is 8.45. The Labute approximate surface area is 95.8 Å². The summed E-state index contributed by atoms with van der Waals surface area (Å²) in [4.78, 5) is 10.8. The van der Waals surface area contributed by atoms with Crippen molar-refractivity contribution in [2.24, 2.45) is 7.05 Å². The van der Waals surface area contributed by atoms with Gasteiger partial charge in [0, 0.05) is 16.9 Å². The van der Waals surface area contributed by atoms with Gasteiger partial charge >= 0.3 is 0 Å². The fourth-order valence-corrected chi connectivity index (χ4v) is 2.09. The van der Waals surface area contributed by atoms with Crippen LogP contribution in [0.5, 0.6) is 5.75 Å². The highest BCUT2D eigenvalue weighted by molar-refractivity contribution is 9.10. The molecule has 0 aliphatic rings. The minimum atomic E-state index is 0.640. The first kappa shape index (κ1) is 10.2. The van der Waals surface area contributed by atoms with Crippen LogP contribution in [0.2, 0.25) is 0 Å². The molecular weight excluding hydrogens is 258 g/mol. The first-order valence-electron chi connectivity index (χ1n) is 4.45. The fourth-order valence-electron chi connectivity index (χ4n) is 1.67. The molecule has 0 bridgehead atoms. The van der Waals surface area contributed by atoms with Crippen molar-refractivity contribution in [1.29, 1.82) is 0 Å². The van der Waals surface area contributed by atoms with Crippen molar-refractivity contribution in [3.05, 3.63) is 28.4 Å². The molecule has 0 N–H and O–H groups in total. The Bertz CT molecular complexity index is 531. The second-order valence-electron chi connectivity index (χ2n) is 3.29. The molecule has 0 atom stereocenters. The van der Waals surface area contributed by atoms with E-state index in [1.165, 1.54) is 0 Å². The third-order valence-electron chi connectivity index (χ3n) is 2.47. The summed E-state index contributed by atoms with van der Waals surface area (Å²) in [6.45, 7) is 0. The summed E-state index contributed by atoms with van der Waals surface area (Å²) >= 11 is 3.41. The highest BCUT2D eigenvalue weighted by Crippen LogP contribution is 2.31. The molecule has 0 aliphatic heterocycles. The topological polar surface area (TPSA) is 31.2 Å². The summed E-state index contributed by atoms with van der Waals surface area (Å²) < 4.78 is 8.04. The van der Waals surface area contributed by atoms with E-state index >= 15 is 0 Å². The Morgan fingerprint density at radius 2 is 2.13 bits per heavy atom. The largest absolute Gasteiger partial charge is 0.496 e. The first-order valence-corrected chi connectivity index (χ1v) is 5.25. The van der Waals surface area contributed by atoms with E-state index in [9.17, 15) is 4.79 Å². The number of hydrogen-bond donors (Lipinski definition) is 0. The molecule has 0 saturated heterocycles. The van der Waals surface area contributed by atoms with E-state index in [1.54, 1.807) is 7.11 Å². The molecule has 78 valence electrons. The maximum Gasteiger partial charge on any atom is 0.166 e. The van der Waals surface area contributed by atoms with Crippen molar-refractivity contribution in [3.8, 4) is 5.75 Å². The van der Waals surface area contributed by atoms with E-state index < -0.39 is 0 Å². The van der Waals surface area contributed by atoms with E-state index in [1.807, 2.05) is 29.8 Å². The van der Waals surface area contributed by atoms with Crippen LogP contribution < -0.4 is 4.74 Å². The van der Waals surface area contributed by atoms with Gasteiger partial charge in [0.2, 0.25) is 0 Å². The van der Waals surface area contributed by atoms with Crippen molar-refractivity contribution in [2.75, 3.05) is 7.11 Å². The number of halogens is 1. The molecule has 0 saturated carbocycles. The van der Waals surface area contributed by atoms with Crippen LogP contribution in [-0.4, -0.2) is 18.0 Å². The molecule has 15 heavy (non-hydrogen) atoms. The molecule has 1 aromatic heterocycles. The molecule has 4 heteroatoms. The number of aryl methyl sites for hydroxylation is 1. The Morgan fingerprint density at radius 3 is 2.73 bits per heavy atom. The van der Waals surface area contributed by atoms with Crippen LogP contribution in [0, 0.1) is 0 Å². The van der Waals surface area contributed by atoms with Gasteiger partial charge in [-0.1, -0.05) is 15.9 Å². The monoisotopic (exact) mass is 267 g/mol. The van der Waals surface area contributed by atoms with Crippen molar-refractivity contribution in [3.63, 3.8) is 0 Å². The number of carbonyl (C=O) groups is 1. The van der Waals surface area contributed by atoms with Gasteiger partial charge in [0.05, 0.1) is 18.3 Å². The maximum atomic E-state index is 10.8. The number of carbonyl (C=O) groups excluding carboxylic acids is 1. The molecule has 0 unspecified atom stereocenters. The number of aldehydes is 1. The van der Waals surface area contributed by atoms with Gasteiger partial charge in [0.15, 0.2) is 6.29 Å². The minimum absolute atomic E-state index is 0.640. The lowest BCUT2D eigenvalue weighted by molar-refractivity contribution is 0.111. The van der Waals surface area contributed by atoms with E-state index in [0.717, 1.165) is 27.4 Å². The third kappa shape index (κ3) is 1.55. The summed E-state index contributed by atoms with van der Waals surface area (Å²) in [6, 6.07) is 5.68. The van der Waals surface area contributed by atoms with Gasteiger partial charge in [-0.15, -0.1) is 0 Å². The fraction of sp³-hybridized carbons (Fsp3) is 0.182. The van der Waals surface area contributed by atoms with Crippen molar-refractivity contribution in [1.82, 2.24) is 4.57 Å². The van der Waals surface area contributed by atoms with Crippen LogP contribution in [0.25, 0.3) is 10.9 Å². The zero-order valence-corrected chi connectivity index (χ0v) is 10.0. The molecule has 1 aromatic carbocycles. The van der Waals surface area contributed by atoms with Gasteiger partial charge in [0.25, 0.3) is 0 Å². The van der Waals surface area contributed by atoms with Crippen LogP contribution in [-0.2, 0) is 7.05 Å². The van der Waals surface area contributed by atoms with Gasteiger partial charge in [-0.25, -0.2) is 0 Å². The van der Waals surface area contributed by atoms with Gasteiger partial charge < -0.3 is 9.30 Å². The van der Waals surface area contributed by atoms with E-state index in [0.29, 0.717) is 5.69 Å². The van der Waals surface area contributed by atoms with Crippen LogP contribution in [0.15, 0.2) is 22.7 Å². The van der Waals surface area contributed by atoms with Gasteiger partial charge in [-0.3, -0.25) is 4.79 Å². The highest BCUT2D eigenvalue weighted by atomic mass is 79.9. The zero-order chi connectivity index (χ0) is 11.0. The van der Waals surface area contributed by atoms with Crippen molar-refractivity contribution >= 4 is 33.1 Å². The van der Waals surface area contributed by atoms with Crippen molar-refractivity contribution in [2.45, 2.75) is 0 Å². The van der Waals surface area contributed by atoms with Crippen LogP contribution in [0.1, 0.15) is 10.5 Å². The average molecular weight is 268 g/mol. The molecule has 0 spiro atoms. The molecule has 2 aromatic rings. The predicted molar refractivity (Wildman–Crippen MR) is 62.6 cm³/mol. The van der Waals surface area contributed by atoms with Gasteiger partial charge in [-0.05, 0) is 18.2 Å². The van der Waals surface area contributed by atoms with E-state index in [2.05, 4.69) is 15.9 Å². The Balaban J connectivity index is 2.87. The Morgan fingerprint density at radius 1 is 1.40 bits per heavy atom. The number of nitrogens with zero attached hydrogens (tertiary/aromatic N) is 1. The number of methoxy groups -OCH3 is 1. The predicted octanol–water partition coefficient (Wildman–Crippen LogP) is 2.76. The summed E-state index contributed by atoms with van der Waals surface area (Å²) in [6.07, 6.45) is 0.841. The maximum absolute atomic E-state index is 10.8. The lowest BCUT2D eigenvalue weighted by atomic mass is 10.2. The Hall–Kier alpha value is -1.29. The second kappa shape index (κ2) is 3.70. The number of fused-ring (bicyclic) bond motifs is 1. The summed E-state index contributed by atoms with van der Waals surface area (Å²) in [5.41, 5.74) is 1.62. The Kier molecular flexibility index (Phi) is 2.52. The number of aromatic nitrogens is 1. The number of benzene rings is 1. The summed E-state index contributed by atoms with van der Waals surface area (Å²) in [5.74, 6) is 0.767. The first-order chi connectivity index (χ1) is 7.17. The molecule has 0 amide bonds. The van der Waals surface area contributed by atoms with E-state index in [-0.39, 0.29) is 0 Å². The number of hydrogen-bond acceptors (Lipinski definition) is 2. The molecule has 3 nitrogen and oxygen atoms in total. The lowest BCUT2D eigenvalue weighted by Crippen LogP contribution is -1.93. The third-order valence-corrected chi connectivity index (χ3v) is 2.92. The molecular formula is C11H10BrNO2. The second-order valence-corrected chi connectivity index (χ2v) is 4.20. The SMILES string of the molecule is COc1cc(Br)cc2c1cc(C=O)n2C. The quantitative estimate of drug-likeness (QED) is 0.784. The number of rotatable bonds is 2. The van der Waals surface area contributed by atoms with Gasteiger partial charge in [0.1, 0.15) is 5.75 Å². The molecule has 2 rings (SSSR count). The smallest absolute Gasteiger partial charge is 0.166 e.